The van der Waals surface area contributed by atoms with Crippen molar-refractivity contribution in [3.63, 3.8) is 0 Å². The van der Waals surface area contributed by atoms with Crippen molar-refractivity contribution in [2.75, 3.05) is 23.3 Å². The number of hydrogen-bond acceptors (Lipinski definition) is 4. The second-order valence-corrected chi connectivity index (χ2v) is 8.41. The first kappa shape index (κ1) is 20.2. The molecule has 1 aliphatic heterocycles. The zero-order valence-electron chi connectivity index (χ0n) is 14.9. The van der Waals surface area contributed by atoms with Gasteiger partial charge in [0.15, 0.2) is 0 Å². The molecule has 9 heteroatoms. The highest BCUT2D eigenvalue weighted by Gasteiger charge is 2.26. The van der Waals surface area contributed by atoms with Gasteiger partial charge in [-0.15, -0.1) is 0 Å². The molecule has 0 aliphatic carbocycles. The molecule has 0 aromatic heterocycles. The van der Waals surface area contributed by atoms with Gasteiger partial charge in [0.1, 0.15) is 5.82 Å². The Morgan fingerprint density at radius 1 is 1.00 bits per heavy atom. The van der Waals surface area contributed by atoms with Gasteiger partial charge in [-0.05, 0) is 61.7 Å². The normalized spacial score (nSPS) is 14.9. The summed E-state index contributed by atoms with van der Waals surface area (Å²) >= 11 is 0. The fourth-order valence-electron chi connectivity index (χ4n) is 3.11. The smallest absolute Gasteiger partial charge is 0.341 e. The number of hydrogen-bond donors (Lipinski definition) is 1. The van der Waals surface area contributed by atoms with Crippen LogP contribution < -0.4 is 10.2 Å². The van der Waals surface area contributed by atoms with Crippen LogP contribution in [0.15, 0.2) is 47.4 Å². The van der Waals surface area contributed by atoms with Crippen LogP contribution in [0, 0.1) is 5.82 Å². The van der Waals surface area contributed by atoms with E-state index in [1.54, 1.807) is 6.07 Å². The number of sulfone groups is 1. The van der Waals surface area contributed by atoms with Crippen LogP contribution in [-0.2, 0) is 9.84 Å². The third-order valence-corrected chi connectivity index (χ3v) is 5.98. The highest BCUT2D eigenvalue weighted by atomic mass is 32.2. The molecule has 2 aromatic rings. The lowest BCUT2D eigenvalue weighted by Gasteiger charge is -2.30. The van der Waals surface area contributed by atoms with Gasteiger partial charge < -0.3 is 10.2 Å². The SMILES string of the molecule is O=C(Nc1cc(F)ccc1N1CCCCC1)c1ccc(S(=O)(=O)C(F)F)cc1. The number of carbonyl (C=O) groups excluding carboxylic acids is 1. The van der Waals surface area contributed by atoms with Gasteiger partial charge in [-0.25, -0.2) is 12.8 Å². The van der Waals surface area contributed by atoms with Crippen molar-refractivity contribution in [2.24, 2.45) is 0 Å². The Bertz CT molecular complexity index is 957. The quantitative estimate of drug-likeness (QED) is 0.804. The molecule has 1 N–H and O–H groups in total. The largest absolute Gasteiger partial charge is 0.370 e. The maximum absolute atomic E-state index is 13.7. The summed E-state index contributed by atoms with van der Waals surface area (Å²) in [6.45, 7) is 1.60. The topological polar surface area (TPSA) is 66.5 Å². The predicted octanol–water partition coefficient (Wildman–Crippen LogP) is 4.06. The molecule has 1 aliphatic rings. The summed E-state index contributed by atoms with van der Waals surface area (Å²) in [5.41, 5.74) is 1.07. The zero-order valence-corrected chi connectivity index (χ0v) is 15.7. The van der Waals surface area contributed by atoms with Gasteiger partial charge in [-0.3, -0.25) is 4.79 Å². The van der Waals surface area contributed by atoms with Crippen LogP contribution in [0.5, 0.6) is 0 Å². The van der Waals surface area contributed by atoms with Crippen molar-refractivity contribution in [1.29, 1.82) is 0 Å². The molecule has 0 atom stereocenters. The third kappa shape index (κ3) is 4.30. The molecule has 1 heterocycles. The lowest BCUT2D eigenvalue weighted by atomic mass is 10.1. The van der Waals surface area contributed by atoms with Crippen molar-refractivity contribution < 1.29 is 26.4 Å². The van der Waals surface area contributed by atoms with Crippen LogP contribution >= 0.6 is 0 Å². The van der Waals surface area contributed by atoms with Gasteiger partial charge in [0.05, 0.1) is 16.3 Å². The summed E-state index contributed by atoms with van der Waals surface area (Å²) in [5, 5.41) is 2.63. The van der Waals surface area contributed by atoms with Crippen LogP contribution in [0.2, 0.25) is 0 Å². The van der Waals surface area contributed by atoms with Gasteiger partial charge in [0, 0.05) is 18.7 Å². The van der Waals surface area contributed by atoms with Crippen molar-refractivity contribution in [2.45, 2.75) is 29.9 Å². The van der Waals surface area contributed by atoms with E-state index in [0.717, 1.165) is 56.6 Å². The van der Waals surface area contributed by atoms with Gasteiger partial charge in [0.2, 0.25) is 9.84 Å². The molecule has 2 aromatic carbocycles. The Kier molecular flexibility index (Phi) is 5.93. The molecule has 3 rings (SSSR count). The monoisotopic (exact) mass is 412 g/mol. The van der Waals surface area contributed by atoms with Crippen molar-refractivity contribution in [1.82, 2.24) is 0 Å². The van der Waals surface area contributed by atoms with Gasteiger partial charge in [-0.2, -0.15) is 8.78 Å². The number of carbonyl (C=O) groups is 1. The molecule has 0 radical (unpaired) electrons. The molecule has 5 nitrogen and oxygen atoms in total. The molecule has 0 spiro atoms. The lowest BCUT2D eigenvalue weighted by Crippen LogP contribution is -2.30. The lowest BCUT2D eigenvalue weighted by molar-refractivity contribution is 0.102. The number of piperidine rings is 1. The fraction of sp³-hybridized carbons (Fsp3) is 0.316. The van der Waals surface area contributed by atoms with Gasteiger partial charge >= 0.3 is 5.76 Å². The maximum Gasteiger partial charge on any atom is 0.341 e. The number of amides is 1. The summed E-state index contributed by atoms with van der Waals surface area (Å²) in [6, 6.07) is 8.34. The minimum Gasteiger partial charge on any atom is -0.370 e. The van der Waals surface area contributed by atoms with Crippen LogP contribution in [-0.4, -0.2) is 33.2 Å². The Balaban J connectivity index is 1.82. The van der Waals surface area contributed by atoms with E-state index in [1.807, 2.05) is 0 Å². The molecular weight excluding hydrogens is 393 g/mol. The molecule has 0 bridgehead atoms. The van der Waals surface area contributed by atoms with Gasteiger partial charge in [0.25, 0.3) is 5.91 Å². The number of nitrogens with zero attached hydrogens (tertiary/aromatic N) is 1. The van der Waals surface area contributed by atoms with E-state index in [-0.39, 0.29) is 5.56 Å². The third-order valence-electron chi connectivity index (χ3n) is 4.58. The summed E-state index contributed by atoms with van der Waals surface area (Å²) in [5.74, 6) is -4.63. The number of halogens is 3. The second-order valence-electron chi connectivity index (χ2n) is 6.49. The molecule has 1 saturated heterocycles. The fourth-order valence-corrected chi connectivity index (χ4v) is 3.83. The molecular formula is C19H19F3N2O3S. The van der Waals surface area contributed by atoms with E-state index in [4.69, 9.17) is 0 Å². The first-order valence-corrected chi connectivity index (χ1v) is 10.3. The Morgan fingerprint density at radius 3 is 2.25 bits per heavy atom. The standard InChI is InChI=1S/C19H19F3N2O3S/c20-14-6-9-17(24-10-2-1-3-11-24)16(12-14)23-18(25)13-4-7-15(8-5-13)28(26,27)19(21)22/h4-9,12,19H,1-3,10-11H2,(H,23,25). The molecule has 0 unspecified atom stereocenters. The Hall–Kier alpha value is -2.55. The molecule has 0 saturated carbocycles. The molecule has 28 heavy (non-hydrogen) atoms. The van der Waals surface area contributed by atoms with Gasteiger partial charge in [-0.1, -0.05) is 0 Å². The summed E-state index contributed by atoms with van der Waals surface area (Å²) in [6.07, 6.45) is 3.13. The van der Waals surface area contributed by atoms with Crippen molar-refractivity contribution in [3.8, 4) is 0 Å². The number of benzene rings is 2. The van der Waals surface area contributed by atoms with E-state index in [1.165, 1.54) is 12.1 Å². The first-order valence-electron chi connectivity index (χ1n) is 8.77. The van der Waals surface area contributed by atoms with E-state index in [0.29, 0.717) is 11.4 Å². The number of anilines is 2. The van der Waals surface area contributed by atoms with Crippen LogP contribution in [0.1, 0.15) is 29.6 Å². The highest BCUT2D eigenvalue weighted by molar-refractivity contribution is 7.91. The maximum atomic E-state index is 13.7. The number of nitrogens with one attached hydrogen (secondary N) is 1. The minimum atomic E-state index is -4.73. The highest BCUT2D eigenvalue weighted by Crippen LogP contribution is 2.30. The van der Waals surface area contributed by atoms with Crippen LogP contribution in [0.4, 0.5) is 24.5 Å². The second kappa shape index (κ2) is 8.22. The molecule has 1 fully saturated rings. The molecule has 150 valence electrons. The molecule has 1 amide bonds. The average Bonchev–Trinajstić information content (AvgIpc) is 2.68. The zero-order chi connectivity index (χ0) is 20.3. The average molecular weight is 412 g/mol. The van der Waals surface area contributed by atoms with Crippen molar-refractivity contribution in [3.05, 3.63) is 53.8 Å². The summed E-state index contributed by atoms with van der Waals surface area (Å²) in [4.78, 5) is 14.0. The number of alkyl halides is 2. The summed E-state index contributed by atoms with van der Waals surface area (Å²) < 4.78 is 61.8. The number of rotatable bonds is 5. The predicted molar refractivity (Wildman–Crippen MR) is 100 cm³/mol. The summed E-state index contributed by atoms with van der Waals surface area (Å²) in [7, 11) is -4.73. The van der Waals surface area contributed by atoms with Crippen LogP contribution in [0.25, 0.3) is 0 Å². The Labute approximate surface area is 161 Å². The van der Waals surface area contributed by atoms with E-state index >= 15 is 0 Å². The minimum absolute atomic E-state index is 0.0714. The van der Waals surface area contributed by atoms with Crippen molar-refractivity contribution >= 4 is 27.1 Å². The van der Waals surface area contributed by atoms with E-state index in [2.05, 4.69) is 10.2 Å². The first-order chi connectivity index (χ1) is 13.3. The van der Waals surface area contributed by atoms with E-state index in [9.17, 15) is 26.4 Å². The Morgan fingerprint density at radius 2 is 1.64 bits per heavy atom. The van der Waals surface area contributed by atoms with Crippen LogP contribution in [0.3, 0.4) is 0 Å². The van der Waals surface area contributed by atoms with E-state index < -0.39 is 32.2 Å².